The second-order valence-electron chi connectivity index (χ2n) is 6.25. The minimum atomic E-state index is -0.504. The molecule has 0 bridgehead atoms. The van der Waals surface area contributed by atoms with E-state index in [1.165, 1.54) is 0 Å². The van der Waals surface area contributed by atoms with E-state index in [1.807, 2.05) is 68.4 Å². The highest BCUT2D eigenvalue weighted by Gasteiger charge is 2.23. The summed E-state index contributed by atoms with van der Waals surface area (Å²) in [5.41, 5.74) is 1.87. The monoisotopic (exact) mass is 395 g/mol. The number of aromatic nitrogens is 2. The molecule has 3 aromatic rings. The van der Waals surface area contributed by atoms with Crippen LogP contribution in [0.25, 0.3) is 11.4 Å². The number of carbonyl (C=O) groups is 1. The van der Waals surface area contributed by atoms with E-state index in [-0.39, 0.29) is 5.91 Å². The Morgan fingerprint density at radius 1 is 0.960 bits per heavy atom. The van der Waals surface area contributed by atoms with Gasteiger partial charge in [0.1, 0.15) is 0 Å². The van der Waals surface area contributed by atoms with Crippen molar-refractivity contribution in [3.63, 3.8) is 0 Å². The van der Waals surface area contributed by atoms with Gasteiger partial charge in [0.15, 0.2) is 5.82 Å². The lowest BCUT2D eigenvalue weighted by Gasteiger charge is -2.27. The molecule has 0 saturated heterocycles. The summed E-state index contributed by atoms with van der Waals surface area (Å²) in [6.07, 6.45) is 3.12. The minimum absolute atomic E-state index is 0.201. The Morgan fingerprint density at radius 2 is 1.56 bits per heavy atom. The molecule has 1 heterocycles. The van der Waals surface area contributed by atoms with Crippen LogP contribution in [0.5, 0.6) is 0 Å². The lowest BCUT2D eigenvalue weighted by molar-refractivity contribution is 0.0911. The molecule has 25 heavy (non-hydrogen) atoms. The third-order valence-corrected chi connectivity index (χ3v) is 4.47. The zero-order valence-electron chi connectivity index (χ0n) is 14.0. The Labute approximate surface area is 155 Å². The number of halogens is 1. The van der Waals surface area contributed by atoms with Gasteiger partial charge in [0.2, 0.25) is 0 Å². The quantitative estimate of drug-likeness (QED) is 0.703. The third kappa shape index (κ3) is 4.12. The second kappa shape index (κ2) is 7.15. The Morgan fingerprint density at radius 3 is 2.16 bits per heavy atom. The van der Waals surface area contributed by atoms with Gasteiger partial charge in [-0.25, -0.2) is 9.97 Å². The molecule has 5 heteroatoms. The van der Waals surface area contributed by atoms with E-state index >= 15 is 0 Å². The van der Waals surface area contributed by atoms with Crippen LogP contribution >= 0.6 is 15.9 Å². The van der Waals surface area contributed by atoms with Crippen LogP contribution in [-0.2, 0) is 5.54 Å². The fraction of sp³-hybridized carbons (Fsp3) is 0.150. The lowest BCUT2D eigenvalue weighted by atomic mass is 9.94. The van der Waals surface area contributed by atoms with E-state index in [0.29, 0.717) is 11.4 Å². The molecule has 0 saturated carbocycles. The maximum atomic E-state index is 12.5. The SMILES string of the molecule is CC(C)(NC(=O)c1cnc(-c2ccccc2)nc1)c1ccc(Br)cc1. The molecular formula is C20H18BrN3O. The molecule has 1 aromatic heterocycles. The molecule has 0 aliphatic rings. The fourth-order valence-electron chi connectivity index (χ4n) is 2.48. The predicted octanol–water partition coefficient (Wildman–Crippen LogP) is 4.57. The highest BCUT2D eigenvalue weighted by molar-refractivity contribution is 9.10. The van der Waals surface area contributed by atoms with Crippen LogP contribution in [0.15, 0.2) is 71.5 Å². The van der Waals surface area contributed by atoms with Crippen LogP contribution in [0.3, 0.4) is 0 Å². The molecule has 3 rings (SSSR count). The fourth-order valence-corrected chi connectivity index (χ4v) is 2.74. The van der Waals surface area contributed by atoms with Gasteiger partial charge in [0, 0.05) is 22.4 Å². The number of benzene rings is 2. The lowest BCUT2D eigenvalue weighted by Crippen LogP contribution is -2.41. The van der Waals surface area contributed by atoms with Gasteiger partial charge >= 0.3 is 0 Å². The van der Waals surface area contributed by atoms with Crippen LogP contribution in [0.2, 0.25) is 0 Å². The average Bonchev–Trinajstić information content (AvgIpc) is 2.62. The Balaban J connectivity index is 1.75. The van der Waals surface area contributed by atoms with Gasteiger partial charge in [-0.3, -0.25) is 4.79 Å². The van der Waals surface area contributed by atoms with Crippen molar-refractivity contribution in [2.45, 2.75) is 19.4 Å². The van der Waals surface area contributed by atoms with Gasteiger partial charge in [0.05, 0.1) is 11.1 Å². The number of nitrogens with one attached hydrogen (secondary N) is 1. The largest absolute Gasteiger partial charge is 0.343 e. The zero-order chi connectivity index (χ0) is 17.9. The summed E-state index contributed by atoms with van der Waals surface area (Å²) in [6.45, 7) is 3.93. The molecule has 0 spiro atoms. The van der Waals surface area contributed by atoms with Crippen LogP contribution < -0.4 is 5.32 Å². The summed E-state index contributed by atoms with van der Waals surface area (Å²) >= 11 is 3.42. The van der Waals surface area contributed by atoms with Crippen molar-refractivity contribution in [1.29, 1.82) is 0 Å². The molecule has 126 valence electrons. The summed E-state index contributed by atoms with van der Waals surface area (Å²) in [5, 5.41) is 3.03. The van der Waals surface area contributed by atoms with Crippen LogP contribution in [0.4, 0.5) is 0 Å². The second-order valence-corrected chi connectivity index (χ2v) is 7.16. The van der Waals surface area contributed by atoms with E-state index in [0.717, 1.165) is 15.6 Å². The van der Waals surface area contributed by atoms with E-state index in [9.17, 15) is 4.79 Å². The number of amides is 1. The summed E-state index contributed by atoms with van der Waals surface area (Å²) in [7, 11) is 0. The van der Waals surface area contributed by atoms with Crippen molar-refractivity contribution in [3.8, 4) is 11.4 Å². The first-order valence-electron chi connectivity index (χ1n) is 7.92. The number of rotatable bonds is 4. The number of hydrogen-bond donors (Lipinski definition) is 1. The molecule has 0 unspecified atom stereocenters. The maximum Gasteiger partial charge on any atom is 0.255 e. The van der Waals surface area contributed by atoms with E-state index in [2.05, 4.69) is 31.2 Å². The van der Waals surface area contributed by atoms with E-state index in [4.69, 9.17) is 0 Å². The molecule has 0 radical (unpaired) electrons. The van der Waals surface area contributed by atoms with Crippen molar-refractivity contribution < 1.29 is 4.79 Å². The Hall–Kier alpha value is -2.53. The number of carbonyl (C=O) groups excluding carboxylic acids is 1. The molecule has 0 fully saturated rings. The van der Waals surface area contributed by atoms with Crippen molar-refractivity contribution >= 4 is 21.8 Å². The zero-order valence-corrected chi connectivity index (χ0v) is 15.6. The highest BCUT2D eigenvalue weighted by atomic mass is 79.9. The molecule has 0 aliphatic carbocycles. The third-order valence-electron chi connectivity index (χ3n) is 3.94. The first-order valence-corrected chi connectivity index (χ1v) is 8.71. The van der Waals surface area contributed by atoms with Crippen LogP contribution in [-0.4, -0.2) is 15.9 Å². The number of hydrogen-bond acceptors (Lipinski definition) is 3. The molecule has 0 atom stereocenters. The molecule has 2 aromatic carbocycles. The van der Waals surface area contributed by atoms with Gasteiger partial charge in [-0.05, 0) is 31.5 Å². The average molecular weight is 396 g/mol. The topological polar surface area (TPSA) is 54.9 Å². The normalized spacial score (nSPS) is 11.2. The maximum absolute atomic E-state index is 12.5. The summed E-state index contributed by atoms with van der Waals surface area (Å²) in [6, 6.07) is 17.6. The van der Waals surface area contributed by atoms with Crippen LogP contribution in [0.1, 0.15) is 29.8 Å². The van der Waals surface area contributed by atoms with E-state index in [1.54, 1.807) is 12.4 Å². The van der Waals surface area contributed by atoms with Gasteiger partial charge in [-0.2, -0.15) is 0 Å². The van der Waals surface area contributed by atoms with Gasteiger partial charge in [0.25, 0.3) is 5.91 Å². The van der Waals surface area contributed by atoms with Crippen molar-refractivity contribution in [2.75, 3.05) is 0 Å². The first kappa shape index (κ1) is 17.3. The summed E-state index contributed by atoms with van der Waals surface area (Å²) in [4.78, 5) is 21.2. The highest BCUT2D eigenvalue weighted by Crippen LogP contribution is 2.22. The minimum Gasteiger partial charge on any atom is -0.343 e. The molecule has 0 aliphatic heterocycles. The number of nitrogens with zero attached hydrogens (tertiary/aromatic N) is 2. The molecule has 1 N–H and O–H groups in total. The van der Waals surface area contributed by atoms with Crippen LogP contribution in [0, 0.1) is 0 Å². The Kier molecular flexibility index (Phi) is 4.95. The van der Waals surface area contributed by atoms with Gasteiger partial charge < -0.3 is 5.32 Å². The van der Waals surface area contributed by atoms with Crippen molar-refractivity contribution in [2.24, 2.45) is 0 Å². The smallest absolute Gasteiger partial charge is 0.255 e. The van der Waals surface area contributed by atoms with E-state index < -0.39 is 5.54 Å². The first-order chi connectivity index (χ1) is 12.0. The standard InChI is InChI=1S/C20H18BrN3O/c1-20(2,16-8-10-17(21)11-9-16)24-19(25)15-12-22-18(23-13-15)14-6-4-3-5-7-14/h3-13H,1-2H3,(H,24,25). The summed E-state index contributed by atoms with van der Waals surface area (Å²) < 4.78 is 1.00. The van der Waals surface area contributed by atoms with Crippen molar-refractivity contribution in [3.05, 3.63) is 82.6 Å². The van der Waals surface area contributed by atoms with Gasteiger partial charge in [-0.15, -0.1) is 0 Å². The van der Waals surface area contributed by atoms with Gasteiger partial charge in [-0.1, -0.05) is 58.4 Å². The molecule has 1 amide bonds. The Bertz CT molecular complexity index is 860. The molecule has 4 nitrogen and oxygen atoms in total. The predicted molar refractivity (Wildman–Crippen MR) is 102 cm³/mol. The molecular weight excluding hydrogens is 378 g/mol. The van der Waals surface area contributed by atoms with Crippen molar-refractivity contribution in [1.82, 2.24) is 15.3 Å². The summed E-state index contributed by atoms with van der Waals surface area (Å²) in [5.74, 6) is 0.400.